The van der Waals surface area contributed by atoms with Gasteiger partial charge in [-0.2, -0.15) is 0 Å². The summed E-state index contributed by atoms with van der Waals surface area (Å²) in [5.41, 5.74) is -0.0438. The molecule has 2 aromatic rings. The van der Waals surface area contributed by atoms with Crippen molar-refractivity contribution in [3.05, 3.63) is 24.3 Å². The maximum Gasteiger partial charge on any atom is 0.256 e. The van der Waals surface area contributed by atoms with E-state index in [-0.39, 0.29) is 22.3 Å². The first-order valence-electron chi connectivity index (χ1n) is 15.9. The fourth-order valence-corrected chi connectivity index (χ4v) is 12.6. The number of hydrogen-bond acceptors (Lipinski definition) is 10. The quantitative estimate of drug-likeness (QED) is 0.491. The average Bonchev–Trinajstić information content (AvgIpc) is 3.45. The highest BCUT2D eigenvalue weighted by atomic mass is 32.2. The van der Waals surface area contributed by atoms with E-state index in [1.54, 1.807) is 0 Å². The molecule has 4 aliphatic heterocycles. The van der Waals surface area contributed by atoms with Gasteiger partial charge in [-0.3, -0.25) is 9.80 Å². The smallest absolute Gasteiger partial charge is 0.256 e. The predicted octanol–water partition coefficient (Wildman–Crippen LogP) is 2.07. The molecule has 232 valence electrons. The lowest BCUT2D eigenvalue weighted by atomic mass is 9.97. The number of rotatable bonds is 2. The van der Waals surface area contributed by atoms with Gasteiger partial charge in [0.25, 0.3) is 20.0 Å². The van der Waals surface area contributed by atoms with Crippen molar-refractivity contribution < 1.29 is 16.8 Å². The molecule has 12 nitrogen and oxygen atoms in total. The largest absolute Gasteiger partial charge is 0.297 e. The maximum atomic E-state index is 12.7. The van der Waals surface area contributed by atoms with E-state index in [1.165, 1.54) is 36.0 Å². The molecule has 14 heteroatoms. The molecule has 4 fully saturated rings. The van der Waals surface area contributed by atoms with Crippen LogP contribution in [-0.4, -0.2) is 104 Å². The van der Waals surface area contributed by atoms with Crippen LogP contribution in [0.25, 0.3) is 0 Å². The first-order chi connectivity index (χ1) is 20.1. The number of fused-ring (bicyclic) bond motifs is 5. The van der Waals surface area contributed by atoms with Crippen LogP contribution in [0, 0.1) is 10.8 Å². The lowest BCUT2D eigenvalue weighted by Crippen LogP contribution is -2.32. The highest BCUT2D eigenvalue weighted by Crippen LogP contribution is 2.61. The minimum Gasteiger partial charge on any atom is -0.297 e. The van der Waals surface area contributed by atoms with E-state index in [1.807, 2.05) is 0 Å². The Hall–Kier alpha value is -1.90. The summed E-state index contributed by atoms with van der Waals surface area (Å²) < 4.78 is 53.0. The van der Waals surface area contributed by atoms with Crippen LogP contribution in [0.15, 0.2) is 12.7 Å². The van der Waals surface area contributed by atoms with E-state index in [0.717, 1.165) is 68.5 Å². The zero-order valence-corrected chi connectivity index (χ0v) is 26.4. The minimum atomic E-state index is -3.38. The SMILES string of the molecule is CCN1[C@@H]2CCCCc3ncn(n3)S(=O)(=O)C[C@]3(C2)C[C@@H]13.CCN1[C@@H]2CCCCc3ncnn3S(=O)(=O)C[C@]3(C2)C[C@@H]13. The highest BCUT2D eigenvalue weighted by molar-refractivity contribution is 7.90. The van der Waals surface area contributed by atoms with Crippen molar-refractivity contribution in [1.82, 2.24) is 38.1 Å². The molecule has 6 aliphatic rings. The molecule has 2 spiro atoms. The second-order valence-electron chi connectivity index (χ2n) is 13.6. The number of nitrogens with zero attached hydrogens (tertiary/aromatic N) is 8. The lowest BCUT2D eigenvalue weighted by Gasteiger charge is -2.26. The second kappa shape index (κ2) is 10.3. The number of piperidine rings is 2. The van der Waals surface area contributed by atoms with Crippen LogP contribution in [0.2, 0.25) is 0 Å². The molecule has 8 rings (SSSR count). The van der Waals surface area contributed by atoms with Gasteiger partial charge in [-0.1, -0.05) is 26.7 Å². The van der Waals surface area contributed by atoms with Crippen LogP contribution in [0.4, 0.5) is 0 Å². The van der Waals surface area contributed by atoms with Crippen molar-refractivity contribution in [2.24, 2.45) is 10.8 Å². The highest BCUT2D eigenvalue weighted by Gasteiger charge is 2.66. The molecule has 0 aromatic carbocycles. The third-order valence-corrected chi connectivity index (χ3v) is 14.5. The van der Waals surface area contributed by atoms with Gasteiger partial charge in [-0.15, -0.1) is 18.4 Å². The number of aromatic nitrogens is 6. The molecule has 6 bridgehead atoms. The first-order valence-corrected chi connectivity index (χ1v) is 19.1. The summed E-state index contributed by atoms with van der Waals surface area (Å²) >= 11 is 0. The zero-order chi connectivity index (χ0) is 29.3. The van der Waals surface area contributed by atoms with Crippen molar-refractivity contribution >= 4 is 20.0 Å². The molecule has 0 N–H and O–H groups in total. The van der Waals surface area contributed by atoms with Gasteiger partial charge in [0.1, 0.15) is 18.5 Å². The van der Waals surface area contributed by atoms with E-state index >= 15 is 0 Å². The summed E-state index contributed by atoms with van der Waals surface area (Å²) in [7, 11) is -6.75. The van der Waals surface area contributed by atoms with Gasteiger partial charge < -0.3 is 0 Å². The minimum absolute atomic E-state index is 0.0208. The lowest BCUT2D eigenvalue weighted by molar-refractivity contribution is 0.215. The van der Waals surface area contributed by atoms with Crippen LogP contribution in [-0.2, 0) is 32.9 Å². The fraction of sp³-hybridized carbons (Fsp3) is 0.857. The molecule has 6 heterocycles. The number of hydrogen-bond donors (Lipinski definition) is 0. The summed E-state index contributed by atoms with van der Waals surface area (Å²) in [4.78, 5) is 13.4. The van der Waals surface area contributed by atoms with Crippen LogP contribution in [0.1, 0.15) is 89.7 Å². The van der Waals surface area contributed by atoms with Crippen molar-refractivity contribution in [2.75, 3.05) is 24.6 Å². The number of likely N-dealkylation sites (tertiary alicyclic amines) is 2. The summed E-state index contributed by atoms with van der Waals surface area (Å²) in [5.74, 6) is 1.71. The molecule has 6 atom stereocenters. The third-order valence-electron chi connectivity index (χ3n) is 11.0. The zero-order valence-electron chi connectivity index (χ0n) is 24.8. The van der Waals surface area contributed by atoms with E-state index in [4.69, 9.17) is 0 Å². The molecule has 2 aliphatic carbocycles. The Labute approximate surface area is 249 Å². The predicted molar refractivity (Wildman–Crippen MR) is 157 cm³/mol. The molecule has 0 radical (unpaired) electrons. The standard InChI is InChI=1S/2C14H22N4O2S/c1-2-17-11-5-3-4-6-13-15-10-18(16-13)21(19,20)9-14(7-11)8-12(14)17;1-2-17-11-5-3-4-6-13-15-10-16-18(13)21(19,20)9-14(7-11)8-12(14)17/h2*10-12H,2-9H2,1H3/t2*11-,12-,14+/m11/s1. The van der Waals surface area contributed by atoms with E-state index < -0.39 is 20.0 Å². The average molecular weight is 621 g/mol. The van der Waals surface area contributed by atoms with Gasteiger partial charge in [0.2, 0.25) is 0 Å². The summed E-state index contributed by atoms with van der Waals surface area (Å²) in [6.07, 6.45) is 15.0. The monoisotopic (exact) mass is 620 g/mol. The number of aryl methyl sites for hydroxylation is 2. The Morgan fingerprint density at radius 3 is 2.00 bits per heavy atom. The Kier molecular flexibility index (Phi) is 7.10. The molecular formula is C28H44N8O4S2. The maximum absolute atomic E-state index is 12.7. The molecule has 2 aromatic heterocycles. The third kappa shape index (κ3) is 4.93. The molecule has 0 amide bonds. The summed E-state index contributed by atoms with van der Waals surface area (Å²) in [6, 6.07) is 2.07. The Morgan fingerprint density at radius 2 is 1.38 bits per heavy atom. The molecule has 42 heavy (non-hydrogen) atoms. The van der Waals surface area contributed by atoms with Gasteiger partial charge in [0.15, 0.2) is 5.82 Å². The van der Waals surface area contributed by atoms with Gasteiger partial charge in [0, 0.05) is 47.8 Å². The van der Waals surface area contributed by atoms with Gasteiger partial charge in [-0.05, 0) is 64.5 Å². The topological polar surface area (TPSA) is 136 Å². The van der Waals surface area contributed by atoms with Crippen molar-refractivity contribution in [3.8, 4) is 0 Å². The van der Waals surface area contributed by atoms with Crippen LogP contribution < -0.4 is 0 Å². The van der Waals surface area contributed by atoms with E-state index in [0.29, 0.717) is 42.2 Å². The van der Waals surface area contributed by atoms with Crippen molar-refractivity contribution in [2.45, 2.75) is 115 Å². The van der Waals surface area contributed by atoms with Crippen molar-refractivity contribution in [1.29, 1.82) is 0 Å². The summed E-state index contributed by atoms with van der Waals surface area (Å²) in [5, 5.41) is 8.16. The van der Waals surface area contributed by atoms with Gasteiger partial charge in [-0.25, -0.2) is 26.8 Å². The van der Waals surface area contributed by atoms with Crippen molar-refractivity contribution in [3.63, 3.8) is 0 Å². The molecular weight excluding hydrogens is 576 g/mol. The van der Waals surface area contributed by atoms with Crippen LogP contribution in [0.3, 0.4) is 0 Å². The first kappa shape index (κ1) is 28.8. The second-order valence-corrected chi connectivity index (χ2v) is 17.2. The van der Waals surface area contributed by atoms with Gasteiger partial charge >= 0.3 is 0 Å². The Morgan fingerprint density at radius 1 is 0.786 bits per heavy atom. The Bertz CT molecular complexity index is 1540. The van der Waals surface area contributed by atoms with Gasteiger partial charge in [0.05, 0.1) is 11.5 Å². The fourth-order valence-electron chi connectivity index (χ4n) is 8.99. The molecule has 0 unspecified atom stereocenters. The van der Waals surface area contributed by atoms with Crippen LogP contribution >= 0.6 is 0 Å². The normalized spacial score (nSPS) is 38.3. The van der Waals surface area contributed by atoms with E-state index in [2.05, 4.69) is 43.8 Å². The molecule has 2 saturated heterocycles. The van der Waals surface area contributed by atoms with Crippen LogP contribution in [0.5, 0.6) is 0 Å². The Balaban J connectivity index is 0.000000137. The summed E-state index contributed by atoms with van der Waals surface area (Å²) in [6.45, 7) is 6.45. The van der Waals surface area contributed by atoms with E-state index in [9.17, 15) is 16.8 Å². The molecule has 2 saturated carbocycles.